The van der Waals surface area contributed by atoms with Gasteiger partial charge >= 0.3 is 5.97 Å². The Morgan fingerprint density at radius 3 is 2.45 bits per heavy atom. The lowest BCUT2D eigenvalue weighted by Gasteiger charge is -2.63. The summed E-state index contributed by atoms with van der Waals surface area (Å²) in [4.78, 5) is 13.8. The lowest BCUT2D eigenvalue weighted by atomic mass is 9.41. The molecule has 5 rings (SSSR count). The quantitative estimate of drug-likeness (QED) is 0.363. The van der Waals surface area contributed by atoms with Gasteiger partial charge in [0.15, 0.2) is 0 Å². The van der Waals surface area contributed by atoms with Crippen LogP contribution in [0, 0.1) is 45.3 Å². The molecule has 4 aliphatic carbocycles. The Balaban J connectivity index is 1.50. The van der Waals surface area contributed by atoms with Crippen molar-refractivity contribution in [3.8, 4) is 0 Å². The number of hydrogen-bond acceptors (Lipinski definition) is 3. The number of rotatable bonds is 4. The molecule has 5 aliphatic rings. The van der Waals surface area contributed by atoms with Crippen molar-refractivity contribution in [3.63, 3.8) is 0 Å². The predicted octanol–water partition coefficient (Wildman–Crippen LogP) is 7.07. The molecule has 0 aromatic heterocycles. The minimum atomic E-state index is -0.333. The molecule has 33 heavy (non-hydrogen) atoms. The number of carbonyl (C=O) groups excluding carboxylic acids is 1. The third-order valence-electron chi connectivity index (χ3n) is 12.1. The van der Waals surface area contributed by atoms with Crippen LogP contribution < -0.4 is 0 Å². The lowest BCUT2D eigenvalue weighted by Crippen LogP contribution is -2.58. The Hall–Kier alpha value is -0.830. The van der Waals surface area contributed by atoms with Gasteiger partial charge in [-0.3, -0.25) is 4.79 Å². The van der Waals surface area contributed by atoms with Gasteiger partial charge in [-0.2, -0.15) is 0 Å². The van der Waals surface area contributed by atoms with Crippen molar-refractivity contribution in [3.05, 3.63) is 11.6 Å². The summed E-state index contributed by atoms with van der Waals surface area (Å²) in [5.74, 6) is 2.16. The topological polar surface area (TPSA) is 46.5 Å². The molecule has 0 unspecified atom stereocenters. The van der Waals surface area contributed by atoms with Crippen molar-refractivity contribution in [2.45, 2.75) is 124 Å². The SMILES string of the molecule is CC(C)CCC[C@]1(C)OC(=O)[C@@]23CC=C4[C@@H](CC[C@H]5C(C)(C)[C@@H](O)CC[C@]45C)[C@]2(C)CC[C@@H]13. The molecule has 1 N–H and O–H groups in total. The van der Waals surface area contributed by atoms with Gasteiger partial charge in [-0.25, -0.2) is 0 Å². The summed E-state index contributed by atoms with van der Waals surface area (Å²) in [6.45, 7) is 16.3. The molecule has 1 spiro atoms. The van der Waals surface area contributed by atoms with E-state index in [1.165, 1.54) is 12.8 Å². The normalized spacial score (nSPS) is 50.2. The molecule has 1 aliphatic heterocycles. The van der Waals surface area contributed by atoms with Gasteiger partial charge in [0.25, 0.3) is 0 Å². The van der Waals surface area contributed by atoms with Crippen molar-refractivity contribution >= 4 is 5.97 Å². The Kier molecular flexibility index (Phi) is 5.31. The molecule has 1 heterocycles. The van der Waals surface area contributed by atoms with Crippen LogP contribution in [0.15, 0.2) is 11.6 Å². The van der Waals surface area contributed by atoms with Crippen molar-refractivity contribution in [2.75, 3.05) is 0 Å². The largest absolute Gasteiger partial charge is 0.459 e. The first kappa shape index (κ1) is 23.9. The van der Waals surface area contributed by atoms with Gasteiger partial charge in [-0.05, 0) is 98.7 Å². The molecule has 0 radical (unpaired) electrons. The van der Waals surface area contributed by atoms with Crippen LogP contribution in [0.25, 0.3) is 0 Å². The Bertz CT molecular complexity index is 857. The monoisotopic (exact) mass is 456 g/mol. The summed E-state index contributed by atoms with van der Waals surface area (Å²) in [7, 11) is 0. The van der Waals surface area contributed by atoms with Crippen molar-refractivity contribution < 1.29 is 14.6 Å². The number of carbonyl (C=O) groups is 1. The highest BCUT2D eigenvalue weighted by molar-refractivity contribution is 5.83. The summed E-state index contributed by atoms with van der Waals surface area (Å²) in [5.41, 5.74) is 1.11. The van der Waals surface area contributed by atoms with E-state index in [-0.39, 0.29) is 39.3 Å². The second-order valence-corrected chi connectivity index (χ2v) is 14.3. The van der Waals surface area contributed by atoms with Crippen molar-refractivity contribution in [1.82, 2.24) is 0 Å². The molecule has 3 saturated carbocycles. The average Bonchev–Trinajstić information content (AvgIpc) is 3.16. The van der Waals surface area contributed by atoms with E-state index >= 15 is 0 Å². The third kappa shape index (κ3) is 2.93. The van der Waals surface area contributed by atoms with E-state index in [1.807, 2.05) is 0 Å². The lowest BCUT2D eigenvalue weighted by molar-refractivity contribution is -0.163. The average molecular weight is 457 g/mol. The maximum atomic E-state index is 13.8. The smallest absolute Gasteiger partial charge is 0.313 e. The fraction of sp³-hybridized carbons (Fsp3) is 0.900. The number of esters is 1. The molecule has 0 amide bonds. The van der Waals surface area contributed by atoms with Gasteiger partial charge in [0.2, 0.25) is 0 Å². The van der Waals surface area contributed by atoms with Crippen LogP contribution in [0.2, 0.25) is 0 Å². The summed E-state index contributed by atoms with van der Waals surface area (Å²) >= 11 is 0. The van der Waals surface area contributed by atoms with Gasteiger partial charge in [0, 0.05) is 5.92 Å². The summed E-state index contributed by atoms with van der Waals surface area (Å²) in [6.07, 6.45) is 13.1. The van der Waals surface area contributed by atoms with Gasteiger partial charge in [-0.1, -0.05) is 59.6 Å². The number of allylic oxidation sites excluding steroid dienone is 2. The minimum Gasteiger partial charge on any atom is -0.459 e. The number of ether oxygens (including phenoxy) is 1. The van der Waals surface area contributed by atoms with Crippen LogP contribution in [0.1, 0.15) is 113 Å². The molecular formula is C30H48O3. The molecular weight excluding hydrogens is 408 g/mol. The van der Waals surface area contributed by atoms with Crippen LogP contribution in [-0.2, 0) is 9.53 Å². The maximum Gasteiger partial charge on any atom is 0.313 e. The molecule has 0 bridgehead atoms. The number of aliphatic hydroxyl groups is 1. The Labute approximate surface area is 202 Å². The highest BCUT2D eigenvalue weighted by atomic mass is 16.6. The fourth-order valence-electron chi connectivity index (χ4n) is 10.2. The van der Waals surface area contributed by atoms with Crippen LogP contribution in [0.3, 0.4) is 0 Å². The summed E-state index contributed by atoms with van der Waals surface area (Å²) in [6, 6.07) is 0. The summed E-state index contributed by atoms with van der Waals surface area (Å²) < 4.78 is 6.38. The van der Waals surface area contributed by atoms with E-state index in [2.05, 4.69) is 54.5 Å². The number of cyclic esters (lactones) is 1. The standard InChI is InChI=1S/C30H48O3/c1-19(2)9-8-15-29(7)23-13-17-28(6)21-10-11-22-26(3,4)24(31)14-16-27(22,5)20(21)12-18-30(23,28)25(32)33-29/h12,19,21-24,31H,8-11,13-18H2,1-7H3/t21-,22+,23+,24+,27-,28+,29+,30+/m1/s1. The predicted molar refractivity (Wildman–Crippen MR) is 132 cm³/mol. The molecule has 4 fully saturated rings. The zero-order valence-electron chi connectivity index (χ0n) is 22.3. The Morgan fingerprint density at radius 2 is 1.76 bits per heavy atom. The number of fused-ring (bicyclic) bond motifs is 4. The zero-order chi connectivity index (χ0) is 24.0. The van der Waals surface area contributed by atoms with E-state index in [1.54, 1.807) is 5.57 Å². The van der Waals surface area contributed by atoms with Gasteiger partial charge < -0.3 is 9.84 Å². The second kappa shape index (κ2) is 7.34. The van der Waals surface area contributed by atoms with E-state index in [0.717, 1.165) is 51.4 Å². The molecule has 0 aromatic carbocycles. The maximum absolute atomic E-state index is 13.8. The van der Waals surface area contributed by atoms with Gasteiger partial charge in [-0.15, -0.1) is 0 Å². The zero-order valence-corrected chi connectivity index (χ0v) is 22.3. The van der Waals surface area contributed by atoms with E-state index in [9.17, 15) is 9.90 Å². The van der Waals surface area contributed by atoms with E-state index in [0.29, 0.717) is 23.7 Å². The highest BCUT2D eigenvalue weighted by Crippen LogP contribution is 2.75. The Morgan fingerprint density at radius 1 is 1.03 bits per heavy atom. The third-order valence-corrected chi connectivity index (χ3v) is 12.1. The molecule has 0 aromatic rings. The van der Waals surface area contributed by atoms with E-state index < -0.39 is 0 Å². The first-order valence-corrected chi connectivity index (χ1v) is 13.9. The van der Waals surface area contributed by atoms with Gasteiger partial charge in [0.1, 0.15) is 5.60 Å². The van der Waals surface area contributed by atoms with Crippen molar-refractivity contribution in [2.24, 2.45) is 45.3 Å². The van der Waals surface area contributed by atoms with Crippen LogP contribution in [-0.4, -0.2) is 22.8 Å². The summed E-state index contributed by atoms with van der Waals surface area (Å²) in [5, 5.41) is 10.8. The number of hydrogen-bond donors (Lipinski definition) is 1. The number of aliphatic hydroxyl groups excluding tert-OH is 1. The molecule has 186 valence electrons. The molecule has 3 heteroatoms. The minimum absolute atomic E-state index is 0.00280. The molecule has 3 nitrogen and oxygen atoms in total. The first-order valence-electron chi connectivity index (χ1n) is 13.9. The van der Waals surface area contributed by atoms with Crippen molar-refractivity contribution in [1.29, 1.82) is 0 Å². The van der Waals surface area contributed by atoms with Crippen LogP contribution in [0.5, 0.6) is 0 Å². The molecule has 8 atom stereocenters. The van der Waals surface area contributed by atoms with Crippen LogP contribution >= 0.6 is 0 Å². The van der Waals surface area contributed by atoms with Gasteiger partial charge in [0.05, 0.1) is 11.5 Å². The first-order chi connectivity index (χ1) is 15.3. The van der Waals surface area contributed by atoms with E-state index in [4.69, 9.17) is 4.74 Å². The molecule has 1 saturated heterocycles. The highest BCUT2D eigenvalue weighted by Gasteiger charge is 2.75. The van der Waals surface area contributed by atoms with Crippen LogP contribution in [0.4, 0.5) is 0 Å². The second-order valence-electron chi connectivity index (χ2n) is 14.3. The fourth-order valence-corrected chi connectivity index (χ4v) is 10.2.